The van der Waals surface area contributed by atoms with Crippen LogP contribution in [0.2, 0.25) is 0 Å². The van der Waals surface area contributed by atoms with E-state index in [1.165, 1.54) is 7.11 Å². The van der Waals surface area contributed by atoms with Gasteiger partial charge in [-0.1, -0.05) is 0 Å². The Labute approximate surface area is 112 Å². The van der Waals surface area contributed by atoms with E-state index >= 15 is 0 Å². The summed E-state index contributed by atoms with van der Waals surface area (Å²) in [6, 6.07) is 0. The number of ether oxygens (including phenoxy) is 1. The minimum atomic E-state index is -2.63. The minimum Gasteiger partial charge on any atom is -0.469 e. The summed E-state index contributed by atoms with van der Waals surface area (Å²) in [5, 5.41) is 0. The Kier molecular flexibility index (Phi) is 5.69. The summed E-state index contributed by atoms with van der Waals surface area (Å²) in [7, 11) is 1.30. The number of alkyl halides is 2. The summed E-state index contributed by atoms with van der Waals surface area (Å²) in [5.41, 5.74) is 0. The molecule has 1 aliphatic rings. The molecule has 110 valence electrons. The number of esters is 1. The number of methoxy groups -OCH3 is 1. The molecule has 0 atom stereocenters. The molecule has 1 amide bonds. The second kappa shape index (κ2) is 6.82. The first kappa shape index (κ1) is 15.9. The third kappa shape index (κ3) is 4.76. The van der Waals surface area contributed by atoms with E-state index in [1.54, 1.807) is 4.90 Å². The van der Waals surface area contributed by atoms with Crippen molar-refractivity contribution >= 4 is 11.9 Å². The van der Waals surface area contributed by atoms with Crippen LogP contribution in [0.5, 0.6) is 0 Å². The fraction of sp³-hybridized carbons (Fsp3) is 0.846. The Morgan fingerprint density at radius 2 is 1.89 bits per heavy atom. The number of rotatable bonds is 5. The highest BCUT2D eigenvalue weighted by molar-refractivity contribution is 5.79. The van der Waals surface area contributed by atoms with Gasteiger partial charge in [-0.15, -0.1) is 0 Å². The Bertz CT molecular complexity index is 324. The number of hydrogen-bond donors (Lipinski definition) is 0. The number of nitrogens with zero attached hydrogens (tertiary/aromatic N) is 1. The maximum Gasteiger partial charge on any atom is 0.307 e. The Morgan fingerprint density at radius 3 is 2.37 bits per heavy atom. The predicted molar refractivity (Wildman–Crippen MR) is 65.8 cm³/mol. The second-order valence-electron chi connectivity index (χ2n) is 4.87. The van der Waals surface area contributed by atoms with Gasteiger partial charge >= 0.3 is 5.97 Å². The molecular weight excluding hydrogens is 256 g/mol. The van der Waals surface area contributed by atoms with Crippen LogP contribution in [0.1, 0.15) is 39.0 Å². The molecule has 0 saturated heterocycles. The van der Waals surface area contributed by atoms with Crippen molar-refractivity contribution in [3.05, 3.63) is 0 Å². The average molecular weight is 277 g/mol. The Morgan fingerprint density at radius 1 is 1.32 bits per heavy atom. The lowest BCUT2D eigenvalue weighted by molar-refractivity contribution is -0.143. The molecule has 1 fully saturated rings. The molecule has 0 aromatic carbocycles. The molecule has 6 heteroatoms. The molecule has 0 heterocycles. The van der Waals surface area contributed by atoms with Crippen molar-refractivity contribution in [1.82, 2.24) is 4.90 Å². The van der Waals surface area contributed by atoms with E-state index in [9.17, 15) is 18.4 Å². The fourth-order valence-electron chi connectivity index (χ4n) is 2.30. The van der Waals surface area contributed by atoms with Crippen molar-refractivity contribution in [2.75, 3.05) is 20.2 Å². The Hall–Kier alpha value is -1.20. The summed E-state index contributed by atoms with van der Waals surface area (Å²) >= 11 is 0. The average Bonchev–Trinajstić information content (AvgIpc) is 2.38. The van der Waals surface area contributed by atoms with Crippen LogP contribution in [0.15, 0.2) is 0 Å². The van der Waals surface area contributed by atoms with Crippen LogP contribution in [0.3, 0.4) is 0 Å². The molecule has 19 heavy (non-hydrogen) atoms. The van der Waals surface area contributed by atoms with E-state index in [-0.39, 0.29) is 56.4 Å². The third-order valence-corrected chi connectivity index (χ3v) is 3.57. The molecule has 4 nitrogen and oxygen atoms in total. The van der Waals surface area contributed by atoms with Crippen LogP contribution in [-0.4, -0.2) is 42.9 Å². The van der Waals surface area contributed by atoms with Gasteiger partial charge in [0.2, 0.25) is 11.8 Å². The van der Waals surface area contributed by atoms with Gasteiger partial charge in [-0.3, -0.25) is 9.59 Å². The summed E-state index contributed by atoms with van der Waals surface area (Å²) < 4.78 is 30.6. The predicted octanol–water partition coefficient (Wildman–Crippen LogP) is 2.22. The smallest absolute Gasteiger partial charge is 0.307 e. The van der Waals surface area contributed by atoms with Crippen LogP contribution in [0.4, 0.5) is 8.78 Å². The number of carbonyl (C=O) groups excluding carboxylic acids is 2. The molecule has 0 aliphatic heterocycles. The van der Waals surface area contributed by atoms with Gasteiger partial charge in [-0.05, 0) is 19.8 Å². The highest BCUT2D eigenvalue weighted by Crippen LogP contribution is 2.36. The van der Waals surface area contributed by atoms with Gasteiger partial charge < -0.3 is 9.64 Å². The van der Waals surface area contributed by atoms with E-state index in [0.29, 0.717) is 6.54 Å². The SMILES string of the molecule is CCN(CCC(=O)OC)C(=O)C1CCC(F)(F)CC1. The van der Waals surface area contributed by atoms with E-state index in [4.69, 9.17) is 0 Å². The van der Waals surface area contributed by atoms with Crippen molar-refractivity contribution in [3.63, 3.8) is 0 Å². The van der Waals surface area contributed by atoms with Crippen molar-refractivity contribution < 1.29 is 23.1 Å². The monoisotopic (exact) mass is 277 g/mol. The highest BCUT2D eigenvalue weighted by Gasteiger charge is 2.38. The quantitative estimate of drug-likeness (QED) is 0.724. The zero-order valence-corrected chi connectivity index (χ0v) is 11.5. The molecule has 0 bridgehead atoms. The van der Waals surface area contributed by atoms with Crippen molar-refractivity contribution in [3.8, 4) is 0 Å². The molecule has 0 spiro atoms. The number of carbonyl (C=O) groups is 2. The Balaban J connectivity index is 2.47. The zero-order chi connectivity index (χ0) is 14.5. The van der Waals surface area contributed by atoms with E-state index in [2.05, 4.69) is 4.74 Å². The van der Waals surface area contributed by atoms with Crippen LogP contribution in [0, 0.1) is 5.92 Å². The van der Waals surface area contributed by atoms with E-state index in [1.807, 2.05) is 6.92 Å². The van der Waals surface area contributed by atoms with E-state index in [0.717, 1.165) is 0 Å². The first-order chi connectivity index (χ1) is 8.89. The van der Waals surface area contributed by atoms with Crippen LogP contribution in [-0.2, 0) is 14.3 Å². The summed E-state index contributed by atoms with van der Waals surface area (Å²) in [6.45, 7) is 2.57. The maximum atomic E-state index is 13.0. The standard InChI is InChI=1S/C13H21F2NO3/c1-3-16(9-6-11(17)19-2)12(18)10-4-7-13(14,15)8-5-10/h10H,3-9H2,1-2H3. The first-order valence-electron chi connectivity index (χ1n) is 6.63. The molecule has 1 rings (SSSR count). The summed E-state index contributed by atoms with van der Waals surface area (Å²) in [4.78, 5) is 24.8. The molecule has 0 aromatic rings. The first-order valence-corrected chi connectivity index (χ1v) is 6.63. The third-order valence-electron chi connectivity index (χ3n) is 3.57. The van der Waals surface area contributed by atoms with Crippen LogP contribution >= 0.6 is 0 Å². The molecule has 1 aliphatic carbocycles. The summed E-state index contributed by atoms with van der Waals surface area (Å²) in [5.74, 6) is -3.46. The largest absolute Gasteiger partial charge is 0.469 e. The summed E-state index contributed by atoms with van der Waals surface area (Å²) in [6.07, 6.45) is 0.135. The van der Waals surface area contributed by atoms with Gasteiger partial charge in [0.1, 0.15) is 0 Å². The maximum absolute atomic E-state index is 13.0. The lowest BCUT2D eigenvalue weighted by Crippen LogP contribution is -2.40. The van der Waals surface area contributed by atoms with Gasteiger partial charge in [0.25, 0.3) is 0 Å². The lowest BCUT2D eigenvalue weighted by Gasteiger charge is -2.31. The van der Waals surface area contributed by atoms with E-state index < -0.39 is 5.92 Å². The number of amides is 1. The topological polar surface area (TPSA) is 46.6 Å². The van der Waals surface area contributed by atoms with Gasteiger partial charge in [0.05, 0.1) is 13.5 Å². The normalized spacial score (nSPS) is 18.9. The van der Waals surface area contributed by atoms with Crippen molar-refractivity contribution in [2.24, 2.45) is 5.92 Å². The lowest BCUT2D eigenvalue weighted by atomic mass is 9.86. The fourth-order valence-corrected chi connectivity index (χ4v) is 2.30. The number of halogens is 2. The van der Waals surface area contributed by atoms with Crippen LogP contribution in [0.25, 0.3) is 0 Å². The van der Waals surface area contributed by atoms with Crippen molar-refractivity contribution in [1.29, 1.82) is 0 Å². The van der Waals surface area contributed by atoms with Gasteiger partial charge in [-0.25, -0.2) is 8.78 Å². The molecule has 0 radical (unpaired) electrons. The zero-order valence-electron chi connectivity index (χ0n) is 11.5. The van der Waals surface area contributed by atoms with Gasteiger partial charge in [-0.2, -0.15) is 0 Å². The van der Waals surface area contributed by atoms with Gasteiger partial charge in [0.15, 0.2) is 0 Å². The molecule has 0 unspecified atom stereocenters. The van der Waals surface area contributed by atoms with Crippen molar-refractivity contribution in [2.45, 2.75) is 45.0 Å². The molecule has 0 N–H and O–H groups in total. The van der Waals surface area contributed by atoms with Crippen LogP contribution < -0.4 is 0 Å². The molecular formula is C13H21F2NO3. The minimum absolute atomic E-state index is 0.123. The van der Waals surface area contributed by atoms with Gasteiger partial charge in [0, 0.05) is 31.8 Å². The molecule has 1 saturated carbocycles. The highest BCUT2D eigenvalue weighted by atomic mass is 19.3. The molecule has 0 aromatic heterocycles. The number of hydrogen-bond acceptors (Lipinski definition) is 3. The second-order valence-corrected chi connectivity index (χ2v) is 4.87.